The van der Waals surface area contributed by atoms with E-state index in [1.807, 2.05) is 73.3 Å². The monoisotopic (exact) mass is 478 g/mol. The lowest BCUT2D eigenvalue weighted by Gasteiger charge is -2.23. The summed E-state index contributed by atoms with van der Waals surface area (Å²) in [5, 5.41) is 10.8. The molecular formula is C25H22N2O4S2. The summed E-state index contributed by atoms with van der Waals surface area (Å²) in [6.07, 6.45) is 7.32. The summed E-state index contributed by atoms with van der Waals surface area (Å²) in [5.41, 5.74) is 3.61. The number of sulfonamides is 1. The Kier molecular flexibility index (Phi) is 6.02. The summed E-state index contributed by atoms with van der Waals surface area (Å²) < 4.78 is 29.3. The number of carboxylic acids is 1. The molecule has 0 aliphatic carbocycles. The third-order valence-corrected chi connectivity index (χ3v) is 8.85. The largest absolute Gasteiger partial charge is 0.480 e. The third-order valence-electron chi connectivity index (χ3n) is 5.52. The molecule has 1 N–H and O–H groups in total. The Morgan fingerprint density at radius 2 is 1.85 bits per heavy atom. The number of aryl methyl sites for hydroxylation is 2. The maximum atomic E-state index is 13.4. The van der Waals surface area contributed by atoms with E-state index in [1.54, 1.807) is 6.07 Å². The lowest BCUT2D eigenvalue weighted by atomic mass is 10.1. The molecule has 6 nitrogen and oxygen atoms in total. The zero-order valence-corrected chi connectivity index (χ0v) is 19.7. The molecule has 0 fully saturated rings. The van der Waals surface area contributed by atoms with Gasteiger partial charge in [-0.2, -0.15) is 8.42 Å². The Balaban J connectivity index is 1.69. The van der Waals surface area contributed by atoms with E-state index in [-0.39, 0.29) is 10.6 Å². The first kappa shape index (κ1) is 22.6. The number of carboxylic acid groups (broad SMARTS) is 1. The molecule has 2 aromatic heterocycles. The van der Waals surface area contributed by atoms with E-state index in [2.05, 4.69) is 6.04 Å². The minimum atomic E-state index is -4.23. The van der Waals surface area contributed by atoms with Gasteiger partial charge in [-0.25, -0.2) is 9.10 Å². The number of hydrogen-bond acceptors (Lipinski definition) is 4. The van der Waals surface area contributed by atoms with Crippen LogP contribution in [0.4, 0.5) is 0 Å². The molecule has 0 unspecified atom stereocenters. The minimum absolute atomic E-state index is 0.000180. The molecule has 2 aromatic carbocycles. The summed E-state index contributed by atoms with van der Waals surface area (Å²) in [5.74, 6) is -1.31. The number of aliphatic carboxylic acids is 1. The van der Waals surface area contributed by atoms with E-state index in [1.165, 1.54) is 6.07 Å². The number of para-hydroxylation sites is 1. The molecule has 33 heavy (non-hydrogen) atoms. The fourth-order valence-electron chi connectivity index (χ4n) is 3.82. The Hall–Kier alpha value is -3.54. The van der Waals surface area contributed by atoms with Crippen LogP contribution in [-0.4, -0.2) is 34.4 Å². The number of aromatic nitrogens is 1. The number of rotatable bonds is 7. The highest BCUT2D eigenvalue weighted by Gasteiger charge is 2.36. The van der Waals surface area contributed by atoms with Gasteiger partial charge in [0.15, 0.2) is 6.04 Å². The maximum Gasteiger partial charge on any atom is 0.328 e. The van der Waals surface area contributed by atoms with Gasteiger partial charge < -0.3 is 9.67 Å². The molecule has 0 aliphatic heterocycles. The molecule has 0 bridgehead atoms. The number of terminal acetylenes is 1. The lowest BCUT2D eigenvalue weighted by molar-refractivity contribution is -0.140. The average molecular weight is 479 g/mol. The zero-order valence-electron chi connectivity index (χ0n) is 18.1. The summed E-state index contributed by atoms with van der Waals surface area (Å²) in [7, 11) is -2.37. The van der Waals surface area contributed by atoms with Crippen LogP contribution in [0.15, 0.2) is 71.1 Å². The Labute approximate surface area is 196 Å². The van der Waals surface area contributed by atoms with Crippen molar-refractivity contribution in [2.24, 2.45) is 7.05 Å². The topological polar surface area (TPSA) is 79.6 Å². The second-order valence-electron chi connectivity index (χ2n) is 7.76. The maximum absolute atomic E-state index is 13.4. The Morgan fingerprint density at radius 3 is 2.52 bits per heavy atom. The number of benzene rings is 2. The van der Waals surface area contributed by atoms with Crippen LogP contribution in [0.3, 0.4) is 0 Å². The van der Waals surface area contributed by atoms with E-state index in [0.717, 1.165) is 38.2 Å². The summed E-state index contributed by atoms with van der Waals surface area (Å²) in [6, 6.07) is 19.1. The second-order valence-corrected chi connectivity index (χ2v) is 10.9. The Morgan fingerprint density at radius 1 is 1.15 bits per heavy atom. The summed E-state index contributed by atoms with van der Waals surface area (Å²) in [6.45, 7) is 1.97. The van der Waals surface area contributed by atoms with Crippen molar-refractivity contribution in [1.29, 1.82) is 0 Å². The van der Waals surface area contributed by atoms with Gasteiger partial charge in [0.1, 0.15) is 4.21 Å². The Bertz CT molecular complexity index is 1470. The SMILES string of the molecule is C#CN([C@@H](Cc1cn(C)c2ccccc12)C(=O)O)S(=O)(=O)c1ccc(-c2ccc(C)cc2)s1. The van der Waals surface area contributed by atoms with Crippen molar-refractivity contribution in [3.05, 3.63) is 78.0 Å². The fourth-order valence-corrected chi connectivity index (χ4v) is 6.57. The molecule has 0 radical (unpaired) electrons. The van der Waals surface area contributed by atoms with Gasteiger partial charge in [0.25, 0.3) is 10.0 Å². The van der Waals surface area contributed by atoms with Crippen LogP contribution in [0.5, 0.6) is 0 Å². The van der Waals surface area contributed by atoms with Crippen LogP contribution < -0.4 is 0 Å². The number of nitrogens with zero attached hydrogens (tertiary/aromatic N) is 2. The number of carbonyl (C=O) groups is 1. The van der Waals surface area contributed by atoms with Gasteiger partial charge >= 0.3 is 5.97 Å². The number of fused-ring (bicyclic) bond motifs is 1. The van der Waals surface area contributed by atoms with Crippen LogP contribution in [0.1, 0.15) is 11.1 Å². The van der Waals surface area contributed by atoms with Crippen LogP contribution in [0.25, 0.3) is 21.3 Å². The lowest BCUT2D eigenvalue weighted by Crippen LogP contribution is -2.43. The van der Waals surface area contributed by atoms with E-state index in [0.29, 0.717) is 9.87 Å². The first-order chi connectivity index (χ1) is 15.7. The molecule has 4 rings (SSSR count). The van der Waals surface area contributed by atoms with E-state index in [4.69, 9.17) is 6.42 Å². The molecule has 0 saturated carbocycles. The molecule has 168 valence electrons. The van der Waals surface area contributed by atoms with Crippen LogP contribution in [-0.2, 0) is 28.3 Å². The highest BCUT2D eigenvalue weighted by Crippen LogP contribution is 2.33. The second kappa shape index (κ2) is 8.77. The minimum Gasteiger partial charge on any atom is -0.480 e. The van der Waals surface area contributed by atoms with Crippen molar-refractivity contribution in [1.82, 2.24) is 8.87 Å². The van der Waals surface area contributed by atoms with Crippen LogP contribution in [0.2, 0.25) is 0 Å². The standard InChI is InChI=1S/C25H22N2O4S2/c1-4-27(22(25(28)29)15-19-16-26(3)21-8-6-5-7-20(19)21)33(30,31)24-14-13-23(32-24)18-11-9-17(2)10-12-18/h1,5-14,16,22H,15H2,2-3H3,(H,28,29)/t22-/m0/s1. The van der Waals surface area contributed by atoms with Crippen molar-refractivity contribution in [2.75, 3.05) is 0 Å². The molecular weight excluding hydrogens is 456 g/mol. The van der Waals surface area contributed by atoms with Crippen LogP contribution in [0, 0.1) is 19.4 Å². The van der Waals surface area contributed by atoms with Gasteiger partial charge in [0, 0.05) is 41.5 Å². The molecule has 2 heterocycles. The van der Waals surface area contributed by atoms with Crippen molar-refractivity contribution < 1.29 is 18.3 Å². The van der Waals surface area contributed by atoms with Gasteiger partial charge in [-0.3, -0.25) is 0 Å². The first-order valence-electron chi connectivity index (χ1n) is 10.2. The molecule has 1 atom stereocenters. The third kappa shape index (κ3) is 4.25. The van der Waals surface area contributed by atoms with Gasteiger partial charge in [-0.1, -0.05) is 54.5 Å². The highest BCUT2D eigenvalue weighted by atomic mass is 32.2. The quantitative estimate of drug-likeness (QED) is 0.314. The number of thiophene rings is 1. The van der Waals surface area contributed by atoms with Gasteiger partial charge in [-0.15, -0.1) is 11.3 Å². The highest BCUT2D eigenvalue weighted by molar-refractivity contribution is 7.91. The summed E-state index contributed by atoms with van der Waals surface area (Å²) >= 11 is 1.06. The normalized spacial score (nSPS) is 12.4. The molecule has 0 aliphatic rings. The van der Waals surface area contributed by atoms with Crippen molar-refractivity contribution in [2.45, 2.75) is 23.6 Å². The molecule has 0 amide bonds. The van der Waals surface area contributed by atoms with Crippen molar-refractivity contribution in [3.63, 3.8) is 0 Å². The molecule has 4 aromatic rings. The molecule has 0 spiro atoms. The van der Waals surface area contributed by atoms with Gasteiger partial charge in [-0.05, 0) is 36.2 Å². The van der Waals surface area contributed by atoms with E-state index >= 15 is 0 Å². The van der Waals surface area contributed by atoms with E-state index in [9.17, 15) is 18.3 Å². The van der Waals surface area contributed by atoms with Crippen LogP contribution >= 0.6 is 11.3 Å². The predicted molar refractivity (Wildman–Crippen MR) is 130 cm³/mol. The van der Waals surface area contributed by atoms with E-state index < -0.39 is 22.0 Å². The molecule has 0 saturated heterocycles. The fraction of sp³-hybridized carbons (Fsp3) is 0.160. The van der Waals surface area contributed by atoms with Gasteiger partial charge in [0.05, 0.1) is 0 Å². The number of hydrogen-bond donors (Lipinski definition) is 1. The predicted octanol–water partition coefficient (Wildman–Crippen LogP) is 4.49. The van der Waals surface area contributed by atoms with Crippen molar-refractivity contribution in [3.8, 4) is 22.9 Å². The zero-order chi connectivity index (χ0) is 23.8. The summed E-state index contributed by atoms with van der Waals surface area (Å²) in [4.78, 5) is 12.9. The van der Waals surface area contributed by atoms with Gasteiger partial charge in [0.2, 0.25) is 0 Å². The first-order valence-corrected chi connectivity index (χ1v) is 12.4. The van der Waals surface area contributed by atoms with Crippen molar-refractivity contribution >= 4 is 38.2 Å². The molecule has 8 heteroatoms. The average Bonchev–Trinajstić information content (AvgIpc) is 3.40. The smallest absolute Gasteiger partial charge is 0.328 e.